The van der Waals surface area contributed by atoms with E-state index in [4.69, 9.17) is 4.74 Å². The van der Waals surface area contributed by atoms with Crippen molar-refractivity contribution in [1.29, 1.82) is 0 Å². The molecule has 2 fully saturated rings. The van der Waals surface area contributed by atoms with E-state index in [-0.39, 0.29) is 17.9 Å². The second-order valence-corrected chi connectivity index (χ2v) is 5.29. The van der Waals surface area contributed by atoms with Gasteiger partial charge in [0.1, 0.15) is 11.8 Å². The van der Waals surface area contributed by atoms with Gasteiger partial charge in [-0.1, -0.05) is 12.1 Å². The lowest BCUT2D eigenvalue weighted by Gasteiger charge is -2.25. The maximum Gasteiger partial charge on any atom is 0.249 e. The number of methoxy groups -OCH3 is 1. The van der Waals surface area contributed by atoms with Crippen LogP contribution in [0.4, 0.5) is 5.69 Å². The molecule has 1 aliphatic heterocycles. The molecule has 0 bridgehead atoms. The first-order valence-electron chi connectivity index (χ1n) is 6.94. The summed E-state index contributed by atoms with van der Waals surface area (Å²) in [6.07, 6.45) is 2.35. The maximum atomic E-state index is 12.7. The smallest absolute Gasteiger partial charge is 0.249 e. The Balaban J connectivity index is 1.94. The molecular formula is C15H18N2O3. The molecule has 1 saturated carbocycles. The molecule has 1 atom stereocenters. The van der Waals surface area contributed by atoms with Crippen molar-refractivity contribution in [2.75, 3.05) is 18.6 Å². The summed E-state index contributed by atoms with van der Waals surface area (Å²) in [7, 11) is 1.59. The van der Waals surface area contributed by atoms with Gasteiger partial charge in [-0.2, -0.15) is 0 Å². The number of para-hydroxylation sites is 2. The molecular weight excluding hydrogens is 256 g/mol. The second-order valence-electron chi connectivity index (χ2n) is 5.29. The van der Waals surface area contributed by atoms with Gasteiger partial charge >= 0.3 is 0 Å². The van der Waals surface area contributed by atoms with E-state index in [0.717, 1.165) is 18.5 Å². The molecule has 0 spiro atoms. The van der Waals surface area contributed by atoms with E-state index in [1.807, 2.05) is 24.3 Å². The van der Waals surface area contributed by atoms with Gasteiger partial charge in [0.15, 0.2) is 0 Å². The third kappa shape index (κ3) is 2.35. The van der Waals surface area contributed by atoms with Gasteiger partial charge in [-0.25, -0.2) is 0 Å². The standard InChI is InChI=1S/C15H18N2O3/c1-20-12-5-3-2-4-11(12)17-9-8-13(18)16-14(15(17)19)10-6-7-10/h2-5,10,14H,6-9H2,1H3,(H,16,18). The van der Waals surface area contributed by atoms with Crippen molar-refractivity contribution in [2.45, 2.75) is 25.3 Å². The van der Waals surface area contributed by atoms with E-state index in [0.29, 0.717) is 24.6 Å². The highest BCUT2D eigenvalue weighted by atomic mass is 16.5. The van der Waals surface area contributed by atoms with Crippen LogP contribution in [-0.2, 0) is 9.59 Å². The minimum Gasteiger partial charge on any atom is -0.495 e. The number of carbonyl (C=O) groups excluding carboxylic acids is 2. The summed E-state index contributed by atoms with van der Waals surface area (Å²) in [5.41, 5.74) is 0.738. The number of nitrogens with one attached hydrogen (secondary N) is 1. The average Bonchev–Trinajstić information content (AvgIpc) is 3.29. The molecule has 1 heterocycles. The van der Waals surface area contributed by atoms with Gasteiger partial charge in [-0.05, 0) is 30.9 Å². The van der Waals surface area contributed by atoms with Gasteiger partial charge in [-0.3, -0.25) is 9.59 Å². The van der Waals surface area contributed by atoms with Gasteiger partial charge in [0.05, 0.1) is 12.8 Å². The van der Waals surface area contributed by atoms with Crippen LogP contribution in [-0.4, -0.2) is 31.5 Å². The monoisotopic (exact) mass is 274 g/mol. The predicted octanol–water partition coefficient (Wildman–Crippen LogP) is 1.33. The SMILES string of the molecule is COc1ccccc1N1CCC(=O)NC(C2CC2)C1=O. The quantitative estimate of drug-likeness (QED) is 0.904. The number of ether oxygens (including phenoxy) is 1. The summed E-state index contributed by atoms with van der Waals surface area (Å²) >= 11 is 0. The molecule has 0 radical (unpaired) electrons. The molecule has 2 aliphatic rings. The van der Waals surface area contributed by atoms with Crippen molar-refractivity contribution in [3.8, 4) is 5.75 Å². The third-order valence-electron chi connectivity index (χ3n) is 3.88. The van der Waals surface area contributed by atoms with E-state index in [9.17, 15) is 9.59 Å². The topological polar surface area (TPSA) is 58.6 Å². The molecule has 1 unspecified atom stereocenters. The highest BCUT2D eigenvalue weighted by Crippen LogP contribution is 2.36. The van der Waals surface area contributed by atoms with E-state index in [1.54, 1.807) is 12.0 Å². The van der Waals surface area contributed by atoms with Crippen LogP contribution in [0.1, 0.15) is 19.3 Å². The van der Waals surface area contributed by atoms with Crippen molar-refractivity contribution < 1.29 is 14.3 Å². The summed E-state index contributed by atoms with van der Waals surface area (Å²) in [5, 5.41) is 2.86. The van der Waals surface area contributed by atoms with Gasteiger partial charge in [0, 0.05) is 13.0 Å². The van der Waals surface area contributed by atoms with Crippen LogP contribution in [0.2, 0.25) is 0 Å². The first-order chi connectivity index (χ1) is 9.70. The number of rotatable bonds is 3. The average molecular weight is 274 g/mol. The number of amides is 2. The second kappa shape index (κ2) is 5.15. The Morgan fingerprint density at radius 2 is 2.00 bits per heavy atom. The number of hydrogen-bond acceptors (Lipinski definition) is 3. The Morgan fingerprint density at radius 3 is 2.70 bits per heavy atom. The molecule has 3 rings (SSSR count). The van der Waals surface area contributed by atoms with Crippen LogP contribution >= 0.6 is 0 Å². The maximum absolute atomic E-state index is 12.7. The molecule has 1 aliphatic carbocycles. The van der Waals surface area contributed by atoms with Crippen LogP contribution in [0, 0.1) is 5.92 Å². The first kappa shape index (κ1) is 13.0. The van der Waals surface area contributed by atoms with Gasteiger partial charge in [-0.15, -0.1) is 0 Å². The Labute approximate surface area is 117 Å². The molecule has 5 heteroatoms. The molecule has 1 aromatic rings. The van der Waals surface area contributed by atoms with E-state index in [2.05, 4.69) is 5.32 Å². The van der Waals surface area contributed by atoms with Gasteiger partial charge in [0.2, 0.25) is 11.8 Å². The predicted molar refractivity (Wildman–Crippen MR) is 74.6 cm³/mol. The zero-order valence-corrected chi connectivity index (χ0v) is 11.5. The van der Waals surface area contributed by atoms with Crippen LogP contribution in [0.5, 0.6) is 5.75 Å². The molecule has 1 N–H and O–H groups in total. The normalized spacial score (nSPS) is 23.2. The number of nitrogens with zero attached hydrogens (tertiary/aromatic N) is 1. The molecule has 1 saturated heterocycles. The highest BCUT2D eigenvalue weighted by Gasteiger charge is 2.41. The number of anilines is 1. The minimum absolute atomic E-state index is 0.0251. The van der Waals surface area contributed by atoms with Crippen molar-refractivity contribution in [3.63, 3.8) is 0 Å². The van der Waals surface area contributed by atoms with E-state index >= 15 is 0 Å². The third-order valence-corrected chi connectivity index (χ3v) is 3.88. The Morgan fingerprint density at radius 1 is 1.25 bits per heavy atom. The lowest BCUT2D eigenvalue weighted by atomic mass is 10.1. The number of benzene rings is 1. The minimum atomic E-state index is -0.380. The number of carbonyl (C=O) groups is 2. The van der Waals surface area contributed by atoms with Crippen LogP contribution in [0.25, 0.3) is 0 Å². The van der Waals surface area contributed by atoms with Crippen LogP contribution in [0.15, 0.2) is 24.3 Å². The molecule has 0 aromatic heterocycles. The highest BCUT2D eigenvalue weighted by molar-refractivity contribution is 6.02. The molecule has 5 nitrogen and oxygen atoms in total. The van der Waals surface area contributed by atoms with Crippen molar-refractivity contribution in [1.82, 2.24) is 5.32 Å². The summed E-state index contributed by atoms with van der Waals surface area (Å²) in [6, 6.07) is 7.05. The fraction of sp³-hybridized carbons (Fsp3) is 0.467. The zero-order valence-electron chi connectivity index (χ0n) is 11.5. The molecule has 2 amide bonds. The fourth-order valence-corrected chi connectivity index (χ4v) is 2.64. The molecule has 20 heavy (non-hydrogen) atoms. The zero-order chi connectivity index (χ0) is 14.1. The van der Waals surface area contributed by atoms with Gasteiger partial charge < -0.3 is 15.0 Å². The van der Waals surface area contributed by atoms with Crippen LogP contribution < -0.4 is 15.0 Å². The summed E-state index contributed by atoms with van der Waals surface area (Å²) in [4.78, 5) is 26.2. The lowest BCUT2D eigenvalue weighted by Crippen LogP contribution is -2.46. The van der Waals surface area contributed by atoms with Crippen molar-refractivity contribution >= 4 is 17.5 Å². The van der Waals surface area contributed by atoms with Gasteiger partial charge in [0.25, 0.3) is 0 Å². The van der Waals surface area contributed by atoms with Crippen LogP contribution in [0.3, 0.4) is 0 Å². The molecule has 1 aromatic carbocycles. The fourth-order valence-electron chi connectivity index (χ4n) is 2.64. The van der Waals surface area contributed by atoms with Crippen molar-refractivity contribution in [2.24, 2.45) is 5.92 Å². The number of hydrogen-bond donors (Lipinski definition) is 1. The Bertz CT molecular complexity index is 540. The summed E-state index contributed by atoms with van der Waals surface area (Å²) < 4.78 is 5.33. The Hall–Kier alpha value is -2.04. The lowest BCUT2D eigenvalue weighted by molar-refractivity contribution is -0.126. The summed E-state index contributed by atoms with van der Waals surface area (Å²) in [5.74, 6) is 0.877. The first-order valence-corrected chi connectivity index (χ1v) is 6.94. The van der Waals surface area contributed by atoms with Crippen molar-refractivity contribution in [3.05, 3.63) is 24.3 Å². The molecule has 106 valence electrons. The van der Waals surface area contributed by atoms with E-state index < -0.39 is 0 Å². The largest absolute Gasteiger partial charge is 0.495 e. The Kier molecular flexibility index (Phi) is 3.34. The van der Waals surface area contributed by atoms with E-state index in [1.165, 1.54) is 0 Å². The summed E-state index contributed by atoms with van der Waals surface area (Å²) in [6.45, 7) is 0.397.